The minimum Gasteiger partial charge on any atom is -0.376 e. The zero-order chi connectivity index (χ0) is 17.6. The van der Waals surface area contributed by atoms with Gasteiger partial charge in [0.25, 0.3) is 11.8 Å². The average Bonchev–Trinajstić information content (AvgIpc) is 3.14. The predicted octanol–water partition coefficient (Wildman–Crippen LogP) is 3.16. The Bertz CT molecular complexity index is 750. The van der Waals surface area contributed by atoms with Gasteiger partial charge in [0.1, 0.15) is 0 Å². The fourth-order valence-corrected chi connectivity index (χ4v) is 2.80. The van der Waals surface area contributed by atoms with Gasteiger partial charge in [-0.15, -0.1) is 0 Å². The summed E-state index contributed by atoms with van der Waals surface area (Å²) in [5, 5.41) is 5.71. The molecule has 1 heterocycles. The second-order valence-electron chi connectivity index (χ2n) is 6.21. The van der Waals surface area contributed by atoms with Gasteiger partial charge >= 0.3 is 0 Å². The van der Waals surface area contributed by atoms with Crippen molar-refractivity contribution in [2.75, 3.05) is 18.5 Å². The van der Waals surface area contributed by atoms with Gasteiger partial charge in [-0.1, -0.05) is 29.8 Å². The van der Waals surface area contributed by atoms with E-state index in [0.717, 1.165) is 25.0 Å². The van der Waals surface area contributed by atoms with Crippen molar-refractivity contribution in [3.05, 3.63) is 65.2 Å². The number of nitrogens with one attached hydrogen (secondary N) is 2. The summed E-state index contributed by atoms with van der Waals surface area (Å²) in [4.78, 5) is 24.9. The molecule has 2 aromatic carbocycles. The molecule has 0 aliphatic carbocycles. The topological polar surface area (TPSA) is 67.4 Å². The molecule has 2 aromatic rings. The van der Waals surface area contributed by atoms with Gasteiger partial charge in [0.15, 0.2) is 0 Å². The van der Waals surface area contributed by atoms with Crippen LogP contribution in [0.4, 0.5) is 5.69 Å². The summed E-state index contributed by atoms with van der Waals surface area (Å²) in [7, 11) is 0. The summed E-state index contributed by atoms with van der Waals surface area (Å²) >= 11 is 0. The second kappa shape index (κ2) is 7.94. The number of rotatable bonds is 5. The van der Waals surface area contributed by atoms with Crippen LogP contribution in [-0.4, -0.2) is 31.1 Å². The first kappa shape index (κ1) is 17.2. The summed E-state index contributed by atoms with van der Waals surface area (Å²) in [6, 6.07) is 14.3. The first-order valence-corrected chi connectivity index (χ1v) is 8.50. The number of hydrogen-bond donors (Lipinski definition) is 2. The van der Waals surface area contributed by atoms with Crippen LogP contribution in [0.1, 0.15) is 39.1 Å². The van der Waals surface area contributed by atoms with Crippen LogP contribution in [-0.2, 0) is 4.74 Å². The largest absolute Gasteiger partial charge is 0.376 e. The maximum absolute atomic E-state index is 12.5. The highest BCUT2D eigenvalue weighted by molar-refractivity contribution is 6.09. The molecule has 130 valence electrons. The highest BCUT2D eigenvalue weighted by Gasteiger charge is 2.18. The highest BCUT2D eigenvalue weighted by atomic mass is 16.5. The quantitative estimate of drug-likeness (QED) is 0.880. The van der Waals surface area contributed by atoms with Crippen LogP contribution < -0.4 is 10.6 Å². The Morgan fingerprint density at radius 2 is 1.84 bits per heavy atom. The molecule has 5 heteroatoms. The van der Waals surface area contributed by atoms with Crippen LogP contribution in [0, 0.1) is 6.92 Å². The molecule has 1 atom stereocenters. The smallest absolute Gasteiger partial charge is 0.255 e. The first-order chi connectivity index (χ1) is 12.1. The van der Waals surface area contributed by atoms with E-state index in [-0.39, 0.29) is 17.9 Å². The predicted molar refractivity (Wildman–Crippen MR) is 96.9 cm³/mol. The minimum absolute atomic E-state index is 0.0817. The lowest BCUT2D eigenvalue weighted by Gasteiger charge is -2.14. The Balaban J connectivity index is 1.68. The van der Waals surface area contributed by atoms with Gasteiger partial charge in [0.2, 0.25) is 0 Å². The van der Waals surface area contributed by atoms with Crippen LogP contribution in [0.5, 0.6) is 0 Å². The third kappa shape index (κ3) is 4.45. The molecule has 0 saturated carbocycles. The van der Waals surface area contributed by atoms with Crippen LogP contribution in [0.2, 0.25) is 0 Å². The molecular formula is C20H22N2O3. The molecule has 0 spiro atoms. The number of benzene rings is 2. The van der Waals surface area contributed by atoms with Gasteiger partial charge in [-0.05, 0) is 44.0 Å². The summed E-state index contributed by atoms with van der Waals surface area (Å²) in [5.74, 6) is -0.449. The van der Waals surface area contributed by atoms with Crippen molar-refractivity contribution in [1.82, 2.24) is 5.32 Å². The van der Waals surface area contributed by atoms with Crippen molar-refractivity contribution in [1.29, 1.82) is 0 Å². The van der Waals surface area contributed by atoms with Gasteiger partial charge in [0, 0.05) is 18.7 Å². The molecule has 1 aliphatic heterocycles. The third-order valence-corrected chi connectivity index (χ3v) is 4.25. The molecule has 5 nitrogen and oxygen atoms in total. The molecule has 3 rings (SSSR count). The summed E-state index contributed by atoms with van der Waals surface area (Å²) in [6.07, 6.45) is 2.08. The summed E-state index contributed by atoms with van der Waals surface area (Å²) < 4.78 is 5.52. The van der Waals surface area contributed by atoms with E-state index in [1.807, 2.05) is 19.1 Å². The fourth-order valence-electron chi connectivity index (χ4n) is 2.80. The number of aryl methyl sites for hydroxylation is 1. The van der Waals surface area contributed by atoms with Gasteiger partial charge in [-0.25, -0.2) is 0 Å². The van der Waals surface area contributed by atoms with E-state index < -0.39 is 0 Å². The molecular weight excluding hydrogens is 316 g/mol. The summed E-state index contributed by atoms with van der Waals surface area (Å²) in [5.41, 5.74) is 2.59. The molecule has 0 radical (unpaired) electrons. The monoisotopic (exact) mass is 338 g/mol. The summed E-state index contributed by atoms with van der Waals surface area (Å²) in [6.45, 7) is 3.21. The van der Waals surface area contributed by atoms with Crippen LogP contribution >= 0.6 is 0 Å². The lowest BCUT2D eigenvalue weighted by molar-refractivity contribution is 0.0858. The van der Waals surface area contributed by atoms with Gasteiger partial charge in [-0.3, -0.25) is 9.59 Å². The Hall–Kier alpha value is -2.66. The fraction of sp³-hybridized carbons (Fsp3) is 0.300. The van der Waals surface area contributed by atoms with E-state index >= 15 is 0 Å². The van der Waals surface area contributed by atoms with Gasteiger partial charge in [-0.2, -0.15) is 0 Å². The Kier molecular flexibility index (Phi) is 5.46. The van der Waals surface area contributed by atoms with E-state index in [9.17, 15) is 9.59 Å². The van der Waals surface area contributed by atoms with Gasteiger partial charge < -0.3 is 15.4 Å². The third-order valence-electron chi connectivity index (χ3n) is 4.25. The Morgan fingerprint density at radius 3 is 2.56 bits per heavy atom. The molecule has 0 aromatic heterocycles. The normalized spacial score (nSPS) is 16.4. The number of para-hydroxylation sites is 1. The number of amides is 2. The number of anilines is 1. The molecule has 2 amide bonds. The SMILES string of the molecule is Cc1ccc(C(=O)Nc2ccccc2C(=O)NC[C@@H]2CCCO2)cc1. The molecule has 0 unspecified atom stereocenters. The molecule has 0 bridgehead atoms. The molecule has 1 saturated heterocycles. The zero-order valence-electron chi connectivity index (χ0n) is 14.2. The average molecular weight is 338 g/mol. The highest BCUT2D eigenvalue weighted by Crippen LogP contribution is 2.17. The minimum atomic E-state index is -0.237. The van der Waals surface area contributed by atoms with Crippen molar-refractivity contribution < 1.29 is 14.3 Å². The van der Waals surface area contributed by atoms with Crippen LogP contribution in [0.15, 0.2) is 48.5 Å². The van der Waals surface area contributed by atoms with E-state index in [0.29, 0.717) is 23.4 Å². The zero-order valence-corrected chi connectivity index (χ0v) is 14.2. The number of ether oxygens (including phenoxy) is 1. The molecule has 25 heavy (non-hydrogen) atoms. The number of carbonyl (C=O) groups excluding carboxylic acids is 2. The maximum Gasteiger partial charge on any atom is 0.255 e. The lowest BCUT2D eigenvalue weighted by atomic mass is 10.1. The standard InChI is InChI=1S/C20H22N2O3/c1-14-8-10-15(11-9-14)19(23)22-18-7-3-2-6-17(18)20(24)21-13-16-5-4-12-25-16/h2-3,6-11,16H,4-5,12-13H2,1H3,(H,21,24)(H,22,23)/t16-/m0/s1. The number of hydrogen-bond acceptors (Lipinski definition) is 3. The van der Waals surface area contributed by atoms with Gasteiger partial charge in [0.05, 0.1) is 17.4 Å². The van der Waals surface area contributed by atoms with Crippen molar-refractivity contribution in [3.8, 4) is 0 Å². The van der Waals surface area contributed by atoms with Crippen molar-refractivity contribution in [3.63, 3.8) is 0 Å². The van der Waals surface area contributed by atoms with E-state index in [2.05, 4.69) is 10.6 Å². The Labute approximate surface area is 147 Å². The van der Waals surface area contributed by atoms with E-state index in [1.54, 1.807) is 36.4 Å². The van der Waals surface area contributed by atoms with E-state index in [4.69, 9.17) is 4.74 Å². The number of carbonyl (C=O) groups is 2. The lowest BCUT2D eigenvalue weighted by Crippen LogP contribution is -2.32. The maximum atomic E-state index is 12.5. The van der Waals surface area contributed by atoms with Crippen molar-refractivity contribution >= 4 is 17.5 Å². The van der Waals surface area contributed by atoms with E-state index in [1.165, 1.54) is 0 Å². The molecule has 2 N–H and O–H groups in total. The molecule has 1 aliphatic rings. The first-order valence-electron chi connectivity index (χ1n) is 8.50. The van der Waals surface area contributed by atoms with Crippen LogP contribution in [0.25, 0.3) is 0 Å². The second-order valence-corrected chi connectivity index (χ2v) is 6.21. The van der Waals surface area contributed by atoms with Crippen LogP contribution in [0.3, 0.4) is 0 Å². The molecule has 1 fully saturated rings. The van der Waals surface area contributed by atoms with Crippen molar-refractivity contribution in [2.24, 2.45) is 0 Å². The van der Waals surface area contributed by atoms with Crippen molar-refractivity contribution in [2.45, 2.75) is 25.9 Å². The Morgan fingerprint density at radius 1 is 1.08 bits per heavy atom.